The molecule has 0 aliphatic carbocycles. The van der Waals surface area contributed by atoms with Crippen molar-refractivity contribution in [3.05, 3.63) is 58.9 Å². The van der Waals surface area contributed by atoms with E-state index in [1.807, 2.05) is 6.92 Å². The second kappa shape index (κ2) is 5.10. The molecule has 0 radical (unpaired) electrons. The van der Waals surface area contributed by atoms with Gasteiger partial charge < -0.3 is 11.1 Å². The van der Waals surface area contributed by atoms with E-state index in [4.69, 9.17) is 5.73 Å². The molecule has 0 atom stereocenters. The molecule has 19 heavy (non-hydrogen) atoms. The summed E-state index contributed by atoms with van der Waals surface area (Å²) in [6, 6.07) is 9.73. The molecule has 0 fully saturated rings. The molecular formula is C15H15FN2O. The van der Waals surface area contributed by atoms with E-state index in [9.17, 15) is 9.18 Å². The zero-order chi connectivity index (χ0) is 14.0. The van der Waals surface area contributed by atoms with Gasteiger partial charge in [-0.25, -0.2) is 4.39 Å². The summed E-state index contributed by atoms with van der Waals surface area (Å²) in [5.41, 5.74) is 8.28. The molecule has 0 aliphatic rings. The minimum absolute atomic E-state index is 0.203. The Kier molecular flexibility index (Phi) is 3.51. The summed E-state index contributed by atoms with van der Waals surface area (Å²) in [7, 11) is 0. The van der Waals surface area contributed by atoms with Crippen LogP contribution in [0.4, 0.5) is 15.8 Å². The minimum atomic E-state index is -0.449. The molecule has 1 amide bonds. The number of hydrogen-bond acceptors (Lipinski definition) is 2. The summed E-state index contributed by atoms with van der Waals surface area (Å²) in [5.74, 6) is -0.812. The zero-order valence-corrected chi connectivity index (χ0v) is 10.8. The fourth-order valence-corrected chi connectivity index (χ4v) is 1.86. The van der Waals surface area contributed by atoms with Gasteiger partial charge in [-0.15, -0.1) is 0 Å². The molecule has 0 heterocycles. The third-order valence-corrected chi connectivity index (χ3v) is 2.97. The Morgan fingerprint density at radius 3 is 2.58 bits per heavy atom. The van der Waals surface area contributed by atoms with Crippen LogP contribution in [-0.2, 0) is 0 Å². The van der Waals surface area contributed by atoms with E-state index in [1.165, 1.54) is 6.07 Å². The largest absolute Gasteiger partial charge is 0.399 e. The van der Waals surface area contributed by atoms with Crippen molar-refractivity contribution in [2.45, 2.75) is 13.8 Å². The predicted molar refractivity (Wildman–Crippen MR) is 74.7 cm³/mol. The van der Waals surface area contributed by atoms with Crippen LogP contribution in [0.3, 0.4) is 0 Å². The van der Waals surface area contributed by atoms with Crippen molar-refractivity contribution < 1.29 is 9.18 Å². The monoisotopic (exact) mass is 258 g/mol. The number of nitrogen functional groups attached to an aromatic ring is 1. The van der Waals surface area contributed by atoms with Crippen LogP contribution in [-0.4, -0.2) is 5.91 Å². The van der Waals surface area contributed by atoms with Crippen LogP contribution in [0, 0.1) is 19.7 Å². The number of aryl methyl sites for hydroxylation is 2. The summed E-state index contributed by atoms with van der Waals surface area (Å²) < 4.78 is 13.7. The average molecular weight is 258 g/mol. The van der Waals surface area contributed by atoms with Crippen molar-refractivity contribution in [1.29, 1.82) is 0 Å². The van der Waals surface area contributed by atoms with Crippen molar-refractivity contribution in [1.82, 2.24) is 0 Å². The number of para-hydroxylation sites is 1. The van der Waals surface area contributed by atoms with Crippen LogP contribution < -0.4 is 11.1 Å². The van der Waals surface area contributed by atoms with Gasteiger partial charge in [-0.1, -0.05) is 18.2 Å². The molecule has 3 nitrogen and oxygen atoms in total. The Morgan fingerprint density at radius 1 is 1.16 bits per heavy atom. The summed E-state index contributed by atoms with van der Waals surface area (Å²) >= 11 is 0. The molecule has 3 N–H and O–H groups in total. The third kappa shape index (κ3) is 2.73. The first kappa shape index (κ1) is 13.1. The van der Waals surface area contributed by atoms with E-state index in [-0.39, 0.29) is 11.6 Å². The average Bonchev–Trinajstić information content (AvgIpc) is 2.37. The Morgan fingerprint density at radius 2 is 1.89 bits per heavy atom. The molecule has 0 unspecified atom stereocenters. The zero-order valence-electron chi connectivity index (χ0n) is 10.8. The van der Waals surface area contributed by atoms with Crippen LogP contribution >= 0.6 is 0 Å². The van der Waals surface area contributed by atoms with Gasteiger partial charge in [-0.3, -0.25) is 4.79 Å². The molecular weight excluding hydrogens is 243 g/mol. The van der Waals surface area contributed by atoms with E-state index in [0.29, 0.717) is 16.8 Å². The lowest BCUT2D eigenvalue weighted by Crippen LogP contribution is -2.15. The highest BCUT2D eigenvalue weighted by Gasteiger charge is 2.13. The quantitative estimate of drug-likeness (QED) is 0.812. The maximum absolute atomic E-state index is 13.7. The Balaban J connectivity index is 2.34. The van der Waals surface area contributed by atoms with Gasteiger partial charge in [0.05, 0.1) is 5.69 Å². The first-order chi connectivity index (χ1) is 8.99. The van der Waals surface area contributed by atoms with Crippen molar-refractivity contribution in [2.75, 3.05) is 11.1 Å². The number of hydrogen-bond donors (Lipinski definition) is 2. The first-order valence-electron chi connectivity index (χ1n) is 5.91. The van der Waals surface area contributed by atoms with Crippen LogP contribution in [0.2, 0.25) is 0 Å². The molecule has 2 aromatic carbocycles. The fraction of sp³-hybridized carbons (Fsp3) is 0.133. The van der Waals surface area contributed by atoms with Gasteiger partial charge in [0.25, 0.3) is 5.91 Å². The SMILES string of the molecule is Cc1ccc(N)cc1C(=O)Nc1c(C)cccc1F. The topological polar surface area (TPSA) is 55.1 Å². The molecule has 0 saturated heterocycles. The second-order valence-electron chi connectivity index (χ2n) is 4.46. The summed E-state index contributed by atoms with van der Waals surface area (Å²) in [5, 5.41) is 2.59. The standard InChI is InChI=1S/C15H15FN2O/c1-9-6-7-11(17)8-12(9)15(19)18-14-10(2)4-3-5-13(14)16/h3-8H,17H2,1-2H3,(H,18,19). The summed E-state index contributed by atoms with van der Waals surface area (Å²) in [4.78, 5) is 12.2. The number of anilines is 2. The molecule has 0 bridgehead atoms. The van der Waals surface area contributed by atoms with E-state index >= 15 is 0 Å². The Bertz CT molecular complexity index is 618. The van der Waals surface area contributed by atoms with Gasteiger partial charge in [0.15, 0.2) is 0 Å². The highest BCUT2D eigenvalue weighted by molar-refractivity contribution is 6.06. The summed E-state index contributed by atoms with van der Waals surface area (Å²) in [6.45, 7) is 3.55. The lowest BCUT2D eigenvalue weighted by atomic mass is 10.1. The molecule has 0 aliphatic heterocycles. The molecule has 0 spiro atoms. The molecule has 2 aromatic rings. The van der Waals surface area contributed by atoms with Crippen LogP contribution in [0.25, 0.3) is 0 Å². The molecule has 0 saturated carbocycles. The van der Waals surface area contributed by atoms with E-state index in [2.05, 4.69) is 5.32 Å². The molecule has 4 heteroatoms. The fourth-order valence-electron chi connectivity index (χ4n) is 1.86. The Labute approximate surface area is 111 Å². The van der Waals surface area contributed by atoms with Crippen LogP contribution in [0.15, 0.2) is 36.4 Å². The maximum Gasteiger partial charge on any atom is 0.256 e. The molecule has 2 rings (SSSR count). The number of halogens is 1. The van der Waals surface area contributed by atoms with Gasteiger partial charge >= 0.3 is 0 Å². The highest BCUT2D eigenvalue weighted by atomic mass is 19.1. The van der Waals surface area contributed by atoms with Gasteiger partial charge in [-0.2, -0.15) is 0 Å². The van der Waals surface area contributed by atoms with Crippen molar-refractivity contribution in [2.24, 2.45) is 0 Å². The van der Waals surface area contributed by atoms with Gasteiger partial charge in [-0.05, 0) is 43.2 Å². The highest BCUT2D eigenvalue weighted by Crippen LogP contribution is 2.21. The molecule has 0 aromatic heterocycles. The normalized spacial score (nSPS) is 10.3. The van der Waals surface area contributed by atoms with E-state index in [1.54, 1.807) is 37.3 Å². The minimum Gasteiger partial charge on any atom is -0.399 e. The second-order valence-corrected chi connectivity index (χ2v) is 4.46. The van der Waals surface area contributed by atoms with Gasteiger partial charge in [0.1, 0.15) is 5.82 Å². The number of amides is 1. The maximum atomic E-state index is 13.7. The number of nitrogens with one attached hydrogen (secondary N) is 1. The number of rotatable bonds is 2. The van der Waals surface area contributed by atoms with Gasteiger partial charge in [0.2, 0.25) is 0 Å². The number of carbonyl (C=O) groups excluding carboxylic acids is 1. The lowest BCUT2D eigenvalue weighted by Gasteiger charge is -2.11. The number of benzene rings is 2. The lowest BCUT2D eigenvalue weighted by molar-refractivity contribution is 0.102. The summed E-state index contributed by atoms with van der Waals surface area (Å²) in [6.07, 6.45) is 0. The molecule has 98 valence electrons. The third-order valence-electron chi connectivity index (χ3n) is 2.97. The number of nitrogens with two attached hydrogens (primary N) is 1. The van der Waals surface area contributed by atoms with Crippen LogP contribution in [0.5, 0.6) is 0 Å². The number of carbonyl (C=O) groups is 1. The van der Waals surface area contributed by atoms with Crippen molar-refractivity contribution >= 4 is 17.3 Å². The Hall–Kier alpha value is -2.36. The smallest absolute Gasteiger partial charge is 0.256 e. The van der Waals surface area contributed by atoms with Crippen molar-refractivity contribution in [3.8, 4) is 0 Å². The first-order valence-corrected chi connectivity index (χ1v) is 5.91. The van der Waals surface area contributed by atoms with Gasteiger partial charge in [0, 0.05) is 11.3 Å². The van der Waals surface area contributed by atoms with E-state index in [0.717, 1.165) is 5.56 Å². The predicted octanol–water partition coefficient (Wildman–Crippen LogP) is 3.28. The van der Waals surface area contributed by atoms with E-state index < -0.39 is 5.82 Å². The van der Waals surface area contributed by atoms with Crippen LogP contribution in [0.1, 0.15) is 21.5 Å². The van der Waals surface area contributed by atoms with Crippen molar-refractivity contribution in [3.63, 3.8) is 0 Å².